The summed E-state index contributed by atoms with van der Waals surface area (Å²) in [6.07, 6.45) is 3.78. The number of aromatic amines is 1. The molecule has 1 aliphatic carbocycles. The molecule has 1 fully saturated rings. The van der Waals surface area contributed by atoms with Crippen molar-refractivity contribution in [3.63, 3.8) is 0 Å². The number of rotatable bonds is 2. The van der Waals surface area contributed by atoms with E-state index >= 15 is 0 Å². The number of imidazole rings is 1. The van der Waals surface area contributed by atoms with E-state index in [1.165, 1.54) is 19.3 Å². The van der Waals surface area contributed by atoms with Gasteiger partial charge in [-0.1, -0.05) is 6.42 Å². The van der Waals surface area contributed by atoms with Crippen LogP contribution in [-0.2, 0) is 0 Å². The fourth-order valence-corrected chi connectivity index (χ4v) is 2.12. The van der Waals surface area contributed by atoms with Gasteiger partial charge in [0, 0.05) is 11.5 Å². The summed E-state index contributed by atoms with van der Waals surface area (Å²) in [5, 5.41) is 0. The Hall–Kier alpha value is -1.64. The van der Waals surface area contributed by atoms with Crippen LogP contribution in [-0.4, -0.2) is 15.8 Å². The van der Waals surface area contributed by atoms with E-state index in [1.807, 2.05) is 18.2 Å². The van der Waals surface area contributed by atoms with Crippen molar-refractivity contribution in [2.75, 3.05) is 0 Å². The number of hydrogen-bond donors (Lipinski definition) is 1. The average Bonchev–Trinajstić information content (AvgIpc) is 2.56. The first-order valence-corrected chi connectivity index (χ1v) is 5.74. The first-order chi connectivity index (χ1) is 7.74. The molecule has 0 atom stereocenters. The first-order valence-electron chi connectivity index (χ1n) is 5.74. The highest BCUT2D eigenvalue weighted by molar-refractivity contribution is 5.97. The standard InChI is InChI=1S/C13H14N2O/c1-8(16)10-5-6-11-12(7-10)15-13(14-11)9-3-2-4-9/h5-7,9H,2-4H2,1H3,(H,14,15). The molecule has 16 heavy (non-hydrogen) atoms. The van der Waals surface area contributed by atoms with E-state index in [0.717, 1.165) is 22.4 Å². The van der Waals surface area contributed by atoms with Gasteiger partial charge in [0.15, 0.2) is 5.78 Å². The van der Waals surface area contributed by atoms with Crippen LogP contribution in [0.4, 0.5) is 0 Å². The largest absolute Gasteiger partial charge is 0.342 e. The number of Topliss-reactive ketones (excluding diaryl/α,β-unsaturated/α-hetero) is 1. The van der Waals surface area contributed by atoms with E-state index in [4.69, 9.17) is 0 Å². The van der Waals surface area contributed by atoms with Gasteiger partial charge in [0.2, 0.25) is 0 Å². The molecule has 0 saturated heterocycles. The van der Waals surface area contributed by atoms with Crippen LogP contribution in [0.25, 0.3) is 11.0 Å². The van der Waals surface area contributed by atoms with Gasteiger partial charge in [-0.2, -0.15) is 0 Å². The van der Waals surface area contributed by atoms with Crippen LogP contribution in [0.1, 0.15) is 48.3 Å². The minimum atomic E-state index is 0.0988. The van der Waals surface area contributed by atoms with Gasteiger partial charge in [-0.05, 0) is 38.0 Å². The molecule has 0 spiro atoms. The van der Waals surface area contributed by atoms with Gasteiger partial charge < -0.3 is 4.98 Å². The Morgan fingerprint density at radius 3 is 2.88 bits per heavy atom. The Bertz CT molecular complexity index is 552. The molecule has 0 unspecified atom stereocenters. The second-order valence-electron chi connectivity index (χ2n) is 4.54. The van der Waals surface area contributed by atoms with Gasteiger partial charge >= 0.3 is 0 Å². The quantitative estimate of drug-likeness (QED) is 0.781. The van der Waals surface area contributed by atoms with Crippen molar-refractivity contribution in [2.45, 2.75) is 32.1 Å². The summed E-state index contributed by atoms with van der Waals surface area (Å²) in [7, 11) is 0. The number of nitrogens with zero attached hydrogens (tertiary/aromatic N) is 1. The number of carbonyl (C=O) groups is 1. The Morgan fingerprint density at radius 2 is 2.25 bits per heavy atom. The highest BCUT2D eigenvalue weighted by Gasteiger charge is 2.22. The SMILES string of the molecule is CC(=O)c1ccc2nc(C3CCC3)[nH]c2c1. The van der Waals surface area contributed by atoms with Crippen LogP contribution in [0.3, 0.4) is 0 Å². The first kappa shape index (κ1) is 9.58. The lowest BCUT2D eigenvalue weighted by molar-refractivity contribution is 0.101. The number of carbonyl (C=O) groups excluding carboxylic acids is 1. The van der Waals surface area contributed by atoms with Crippen molar-refractivity contribution in [3.8, 4) is 0 Å². The molecule has 82 valence electrons. The maximum atomic E-state index is 11.3. The van der Waals surface area contributed by atoms with Crippen molar-refractivity contribution < 1.29 is 4.79 Å². The fraction of sp³-hybridized carbons (Fsp3) is 0.385. The molecule has 0 aliphatic heterocycles. The molecule has 1 aliphatic rings. The summed E-state index contributed by atoms with van der Waals surface area (Å²) in [5.41, 5.74) is 2.69. The van der Waals surface area contributed by atoms with Gasteiger partial charge in [-0.15, -0.1) is 0 Å². The number of hydrogen-bond acceptors (Lipinski definition) is 2. The second kappa shape index (κ2) is 3.44. The molecule has 3 rings (SSSR count). The Morgan fingerprint density at radius 1 is 1.44 bits per heavy atom. The topological polar surface area (TPSA) is 45.8 Å². The molecule has 2 aromatic rings. The summed E-state index contributed by atoms with van der Waals surface area (Å²) in [6.45, 7) is 1.59. The minimum Gasteiger partial charge on any atom is -0.342 e. The summed E-state index contributed by atoms with van der Waals surface area (Å²) < 4.78 is 0. The predicted molar refractivity (Wildman–Crippen MR) is 62.7 cm³/mol. The minimum absolute atomic E-state index is 0.0988. The monoisotopic (exact) mass is 214 g/mol. The van der Waals surface area contributed by atoms with Crippen LogP contribution < -0.4 is 0 Å². The van der Waals surface area contributed by atoms with Crippen molar-refractivity contribution in [1.29, 1.82) is 0 Å². The lowest BCUT2D eigenvalue weighted by atomic mass is 9.85. The van der Waals surface area contributed by atoms with Crippen LogP contribution in [0.15, 0.2) is 18.2 Å². The number of fused-ring (bicyclic) bond motifs is 1. The zero-order chi connectivity index (χ0) is 11.1. The molecule has 1 heterocycles. The van der Waals surface area contributed by atoms with E-state index in [0.29, 0.717) is 5.92 Å². The molecule has 1 aromatic carbocycles. The van der Waals surface area contributed by atoms with Crippen molar-refractivity contribution in [2.24, 2.45) is 0 Å². The van der Waals surface area contributed by atoms with Crippen LogP contribution in [0, 0.1) is 0 Å². The van der Waals surface area contributed by atoms with E-state index in [2.05, 4.69) is 9.97 Å². The molecule has 1 N–H and O–H groups in total. The van der Waals surface area contributed by atoms with Gasteiger partial charge in [0.25, 0.3) is 0 Å². The van der Waals surface area contributed by atoms with Crippen molar-refractivity contribution >= 4 is 16.8 Å². The third-order valence-electron chi connectivity index (χ3n) is 3.40. The van der Waals surface area contributed by atoms with Crippen LogP contribution in [0.2, 0.25) is 0 Å². The molecule has 1 saturated carbocycles. The summed E-state index contributed by atoms with van der Waals surface area (Å²) >= 11 is 0. The highest BCUT2D eigenvalue weighted by Crippen LogP contribution is 2.35. The predicted octanol–water partition coefficient (Wildman–Crippen LogP) is 3.03. The van der Waals surface area contributed by atoms with Gasteiger partial charge in [0.1, 0.15) is 5.82 Å². The Kier molecular flexibility index (Phi) is 2.06. The molecular formula is C13H14N2O. The van der Waals surface area contributed by atoms with Crippen molar-refractivity contribution in [3.05, 3.63) is 29.6 Å². The zero-order valence-electron chi connectivity index (χ0n) is 9.29. The van der Waals surface area contributed by atoms with Crippen molar-refractivity contribution in [1.82, 2.24) is 9.97 Å². The molecule has 0 amide bonds. The Balaban J connectivity index is 2.06. The maximum Gasteiger partial charge on any atom is 0.159 e. The molecule has 0 radical (unpaired) electrons. The number of ketones is 1. The smallest absolute Gasteiger partial charge is 0.159 e. The van der Waals surface area contributed by atoms with Crippen LogP contribution >= 0.6 is 0 Å². The summed E-state index contributed by atoms with van der Waals surface area (Å²) in [5.74, 6) is 1.79. The lowest BCUT2D eigenvalue weighted by Crippen LogP contribution is -2.10. The molecule has 1 aromatic heterocycles. The number of nitrogens with one attached hydrogen (secondary N) is 1. The highest BCUT2D eigenvalue weighted by atomic mass is 16.1. The lowest BCUT2D eigenvalue weighted by Gasteiger charge is -2.22. The molecular weight excluding hydrogens is 200 g/mol. The third-order valence-corrected chi connectivity index (χ3v) is 3.40. The van der Waals surface area contributed by atoms with E-state index in [1.54, 1.807) is 6.92 Å². The zero-order valence-corrected chi connectivity index (χ0v) is 9.29. The van der Waals surface area contributed by atoms with E-state index in [-0.39, 0.29) is 5.78 Å². The average molecular weight is 214 g/mol. The molecule has 3 nitrogen and oxygen atoms in total. The number of benzene rings is 1. The summed E-state index contributed by atoms with van der Waals surface area (Å²) in [6, 6.07) is 5.66. The van der Waals surface area contributed by atoms with Gasteiger partial charge in [0.05, 0.1) is 11.0 Å². The van der Waals surface area contributed by atoms with E-state index in [9.17, 15) is 4.79 Å². The number of aromatic nitrogens is 2. The van der Waals surface area contributed by atoms with E-state index < -0.39 is 0 Å². The fourth-order valence-electron chi connectivity index (χ4n) is 2.12. The second-order valence-corrected chi connectivity index (χ2v) is 4.54. The normalized spacial score (nSPS) is 16.3. The molecule has 3 heteroatoms. The summed E-state index contributed by atoms with van der Waals surface area (Å²) in [4.78, 5) is 19.2. The Labute approximate surface area is 93.9 Å². The number of H-pyrrole nitrogens is 1. The van der Waals surface area contributed by atoms with Gasteiger partial charge in [-0.25, -0.2) is 4.98 Å². The van der Waals surface area contributed by atoms with Crippen LogP contribution in [0.5, 0.6) is 0 Å². The van der Waals surface area contributed by atoms with Gasteiger partial charge in [-0.3, -0.25) is 4.79 Å². The maximum absolute atomic E-state index is 11.3. The molecule has 0 bridgehead atoms. The third kappa shape index (κ3) is 1.43.